The first-order valence-electron chi connectivity index (χ1n) is 10.3. The molecule has 6 nitrogen and oxygen atoms in total. The van der Waals surface area contributed by atoms with Crippen molar-refractivity contribution < 1.29 is 4.74 Å². The fourth-order valence-corrected chi connectivity index (χ4v) is 4.62. The predicted octanol–water partition coefficient (Wildman–Crippen LogP) is 3.19. The summed E-state index contributed by atoms with van der Waals surface area (Å²) >= 11 is 0. The number of benzene rings is 1. The molecule has 6 heteroatoms. The summed E-state index contributed by atoms with van der Waals surface area (Å²) in [5.41, 5.74) is 4.86. The molecule has 0 bridgehead atoms. The lowest BCUT2D eigenvalue weighted by Crippen LogP contribution is -2.37. The van der Waals surface area contributed by atoms with Crippen LogP contribution in [0, 0.1) is 6.92 Å². The second-order valence-corrected chi connectivity index (χ2v) is 8.19. The molecule has 0 spiro atoms. The van der Waals surface area contributed by atoms with Crippen molar-refractivity contribution in [3.05, 3.63) is 71.7 Å². The molecule has 2 aromatic heterocycles. The minimum Gasteiger partial charge on any atom is -0.380 e. The van der Waals surface area contributed by atoms with Gasteiger partial charge in [0.25, 0.3) is 0 Å². The van der Waals surface area contributed by atoms with Crippen molar-refractivity contribution in [3.63, 3.8) is 0 Å². The molecule has 1 aromatic carbocycles. The number of nitrogens with zero attached hydrogens (tertiary/aromatic N) is 5. The lowest BCUT2D eigenvalue weighted by atomic mass is 10.1. The zero-order valence-corrected chi connectivity index (χ0v) is 17.0. The minimum atomic E-state index is 0.277. The van der Waals surface area contributed by atoms with Gasteiger partial charge in [-0.15, -0.1) is 0 Å². The minimum absolute atomic E-state index is 0.277. The summed E-state index contributed by atoms with van der Waals surface area (Å²) in [5, 5.41) is 4.60. The first-order valence-corrected chi connectivity index (χ1v) is 10.3. The van der Waals surface area contributed by atoms with E-state index in [4.69, 9.17) is 9.72 Å². The zero-order chi connectivity index (χ0) is 19.8. The largest absolute Gasteiger partial charge is 0.380 e. The zero-order valence-electron chi connectivity index (χ0n) is 17.0. The Kier molecular flexibility index (Phi) is 4.81. The van der Waals surface area contributed by atoms with E-state index in [2.05, 4.69) is 58.4 Å². The topological polar surface area (TPSA) is 46.4 Å². The Morgan fingerprint density at radius 3 is 2.97 bits per heavy atom. The van der Waals surface area contributed by atoms with Crippen LogP contribution in [-0.2, 0) is 17.8 Å². The number of methoxy groups -OCH3 is 1. The van der Waals surface area contributed by atoms with Crippen LogP contribution < -0.4 is 4.90 Å². The second-order valence-electron chi connectivity index (χ2n) is 8.19. The Morgan fingerprint density at radius 1 is 1.17 bits per heavy atom. The van der Waals surface area contributed by atoms with E-state index in [1.54, 1.807) is 0 Å². The van der Waals surface area contributed by atoms with Gasteiger partial charge in [0.15, 0.2) is 0 Å². The number of anilines is 1. The molecule has 0 saturated carbocycles. The summed E-state index contributed by atoms with van der Waals surface area (Å²) in [6.07, 6.45) is 7.36. The van der Waals surface area contributed by atoms with Crippen LogP contribution in [0.4, 0.5) is 5.82 Å². The van der Waals surface area contributed by atoms with Gasteiger partial charge < -0.3 is 9.64 Å². The fraction of sp³-hybridized carbons (Fsp3) is 0.391. The maximum Gasteiger partial charge on any atom is 0.133 e. The molecule has 4 heterocycles. The standard InChI is InChI=1S/C23H27N5O/c1-17-5-3-7-20(9-17)28-13-18(11-25-28)12-26-14-19-6-4-8-24-23(19)27-16-22(29-2)10-21(27)15-26/h3-9,11,13,21-22H,10,12,14-16H2,1-2H3/t21-,22+/m0/s1. The maximum absolute atomic E-state index is 5.67. The Morgan fingerprint density at radius 2 is 2.10 bits per heavy atom. The molecule has 2 aliphatic heterocycles. The third-order valence-corrected chi connectivity index (χ3v) is 6.02. The molecule has 150 valence electrons. The highest BCUT2D eigenvalue weighted by Crippen LogP contribution is 2.32. The van der Waals surface area contributed by atoms with Gasteiger partial charge in [0.1, 0.15) is 5.82 Å². The molecular weight excluding hydrogens is 362 g/mol. The van der Waals surface area contributed by atoms with E-state index in [9.17, 15) is 0 Å². The van der Waals surface area contributed by atoms with Crippen LogP contribution >= 0.6 is 0 Å². The first kappa shape index (κ1) is 18.3. The quantitative estimate of drug-likeness (QED) is 0.686. The van der Waals surface area contributed by atoms with Crippen LogP contribution in [0.25, 0.3) is 5.69 Å². The maximum atomic E-state index is 5.67. The highest BCUT2D eigenvalue weighted by atomic mass is 16.5. The Hall–Kier alpha value is -2.70. The van der Waals surface area contributed by atoms with Crippen molar-refractivity contribution in [2.45, 2.75) is 38.6 Å². The van der Waals surface area contributed by atoms with Gasteiger partial charge in [-0.05, 0) is 37.1 Å². The first-order chi connectivity index (χ1) is 14.2. The second kappa shape index (κ2) is 7.61. The molecule has 0 aliphatic carbocycles. The van der Waals surface area contributed by atoms with Crippen LogP contribution in [0.5, 0.6) is 0 Å². The Balaban J connectivity index is 1.38. The molecule has 5 rings (SSSR count). The van der Waals surface area contributed by atoms with Crippen molar-refractivity contribution in [2.24, 2.45) is 0 Å². The van der Waals surface area contributed by atoms with Crippen LogP contribution in [0.1, 0.15) is 23.1 Å². The summed E-state index contributed by atoms with van der Waals surface area (Å²) in [5.74, 6) is 1.12. The Bertz CT molecular complexity index is 1000. The highest BCUT2D eigenvalue weighted by Gasteiger charge is 2.37. The van der Waals surface area contributed by atoms with Gasteiger partial charge in [0.2, 0.25) is 0 Å². The third kappa shape index (κ3) is 3.66. The molecule has 0 N–H and O–H groups in total. The predicted molar refractivity (Wildman–Crippen MR) is 113 cm³/mol. The van der Waals surface area contributed by atoms with E-state index in [-0.39, 0.29) is 6.10 Å². The molecule has 0 amide bonds. The van der Waals surface area contributed by atoms with Gasteiger partial charge in [-0.3, -0.25) is 4.90 Å². The van der Waals surface area contributed by atoms with Crippen LogP contribution in [0.3, 0.4) is 0 Å². The molecule has 0 unspecified atom stereocenters. The number of fused-ring (bicyclic) bond motifs is 3. The van der Waals surface area contributed by atoms with E-state index < -0.39 is 0 Å². The smallest absolute Gasteiger partial charge is 0.133 e. The number of pyridine rings is 1. The van der Waals surface area contributed by atoms with Crippen molar-refractivity contribution >= 4 is 5.82 Å². The average Bonchev–Trinajstić information content (AvgIpc) is 3.32. The Labute approximate surface area is 171 Å². The number of rotatable bonds is 4. The van der Waals surface area contributed by atoms with E-state index in [1.807, 2.05) is 30.3 Å². The molecule has 3 aromatic rings. The number of hydrogen-bond acceptors (Lipinski definition) is 5. The van der Waals surface area contributed by atoms with E-state index in [0.717, 1.165) is 44.1 Å². The van der Waals surface area contributed by atoms with Gasteiger partial charge >= 0.3 is 0 Å². The summed E-state index contributed by atoms with van der Waals surface area (Å²) in [6.45, 7) is 5.82. The van der Waals surface area contributed by atoms with Crippen LogP contribution in [-0.4, -0.2) is 52.0 Å². The number of hydrogen-bond donors (Lipinski definition) is 0. The van der Waals surface area contributed by atoms with Gasteiger partial charge in [-0.1, -0.05) is 18.2 Å². The summed E-state index contributed by atoms with van der Waals surface area (Å²) in [7, 11) is 1.81. The molecule has 2 aliphatic rings. The van der Waals surface area contributed by atoms with Crippen LogP contribution in [0.2, 0.25) is 0 Å². The molecular formula is C23H27N5O. The van der Waals surface area contributed by atoms with Crippen molar-refractivity contribution in [1.82, 2.24) is 19.7 Å². The summed E-state index contributed by atoms with van der Waals surface area (Å²) in [4.78, 5) is 9.67. The van der Waals surface area contributed by atoms with Gasteiger partial charge in [0, 0.05) is 62.9 Å². The van der Waals surface area contributed by atoms with Gasteiger partial charge in [0.05, 0.1) is 18.0 Å². The van der Waals surface area contributed by atoms with Gasteiger partial charge in [-0.2, -0.15) is 5.10 Å². The van der Waals surface area contributed by atoms with E-state index in [1.165, 1.54) is 16.7 Å². The fourth-order valence-electron chi connectivity index (χ4n) is 4.62. The molecule has 2 atom stereocenters. The van der Waals surface area contributed by atoms with Crippen molar-refractivity contribution in [2.75, 3.05) is 25.1 Å². The van der Waals surface area contributed by atoms with Gasteiger partial charge in [-0.25, -0.2) is 9.67 Å². The van der Waals surface area contributed by atoms with Crippen LogP contribution in [0.15, 0.2) is 55.0 Å². The third-order valence-electron chi connectivity index (χ3n) is 6.02. The molecule has 1 saturated heterocycles. The number of aryl methyl sites for hydroxylation is 1. The SMILES string of the molecule is CO[C@@H]1C[C@H]2CN(Cc3cnn(-c4cccc(C)c4)c3)Cc3cccnc3N2C1. The van der Waals surface area contributed by atoms with E-state index >= 15 is 0 Å². The number of ether oxygens (including phenoxy) is 1. The summed E-state index contributed by atoms with van der Waals surface area (Å²) in [6, 6.07) is 13.1. The highest BCUT2D eigenvalue weighted by molar-refractivity contribution is 5.50. The molecule has 29 heavy (non-hydrogen) atoms. The monoisotopic (exact) mass is 389 g/mol. The lowest BCUT2D eigenvalue weighted by molar-refractivity contribution is 0.115. The van der Waals surface area contributed by atoms with Crippen molar-refractivity contribution in [3.8, 4) is 5.69 Å². The summed E-state index contributed by atoms with van der Waals surface area (Å²) < 4.78 is 7.64. The van der Waals surface area contributed by atoms with E-state index in [0.29, 0.717) is 6.04 Å². The average molecular weight is 390 g/mol. The van der Waals surface area contributed by atoms with Crippen molar-refractivity contribution in [1.29, 1.82) is 0 Å². The lowest BCUT2D eigenvalue weighted by Gasteiger charge is -2.26. The number of aromatic nitrogens is 3. The molecule has 1 fully saturated rings. The normalized spacial score (nSPS) is 21.7. The molecule has 0 radical (unpaired) electrons.